The largest absolute Gasteiger partial charge is 0.381 e. The summed E-state index contributed by atoms with van der Waals surface area (Å²) < 4.78 is 11.0. The Kier molecular flexibility index (Phi) is 13.2. The molecular weight excluding hydrogens is 435 g/mol. The van der Waals surface area contributed by atoms with E-state index in [0.717, 1.165) is 45.8 Å². The van der Waals surface area contributed by atoms with Crippen LogP contribution in [-0.4, -0.2) is 63.5 Å². The minimum absolute atomic E-state index is 0. The molecule has 0 bridgehead atoms. The summed E-state index contributed by atoms with van der Waals surface area (Å²) in [6, 6.07) is 0. The van der Waals surface area contributed by atoms with E-state index in [2.05, 4.69) is 20.9 Å². The normalized spacial score (nSPS) is 17.8. The van der Waals surface area contributed by atoms with Crippen molar-refractivity contribution >= 4 is 35.8 Å². The zero-order chi connectivity index (χ0) is 17.8. The maximum atomic E-state index is 11.8. The summed E-state index contributed by atoms with van der Waals surface area (Å²) in [5.41, 5.74) is -0.236. The third-order valence-corrected chi connectivity index (χ3v) is 3.37. The highest BCUT2D eigenvalue weighted by atomic mass is 127. The molecule has 7 nitrogen and oxygen atoms in total. The lowest BCUT2D eigenvalue weighted by atomic mass is 10.1. The Labute approximate surface area is 169 Å². The van der Waals surface area contributed by atoms with Crippen molar-refractivity contribution in [2.24, 2.45) is 10.9 Å². The molecule has 148 valence electrons. The van der Waals surface area contributed by atoms with Gasteiger partial charge in [0.2, 0.25) is 5.91 Å². The van der Waals surface area contributed by atoms with E-state index < -0.39 is 0 Å². The monoisotopic (exact) mass is 470 g/mol. The van der Waals surface area contributed by atoms with Gasteiger partial charge in [-0.25, -0.2) is 4.99 Å². The average molecular weight is 470 g/mol. The lowest BCUT2D eigenvalue weighted by molar-refractivity contribution is -0.121. The minimum Gasteiger partial charge on any atom is -0.381 e. The average Bonchev–Trinajstić information content (AvgIpc) is 2.99. The van der Waals surface area contributed by atoms with E-state index in [-0.39, 0.29) is 42.0 Å². The van der Waals surface area contributed by atoms with Crippen LogP contribution in [0.15, 0.2) is 4.99 Å². The van der Waals surface area contributed by atoms with Gasteiger partial charge in [0.15, 0.2) is 5.96 Å². The van der Waals surface area contributed by atoms with Gasteiger partial charge in [0, 0.05) is 37.8 Å². The van der Waals surface area contributed by atoms with Gasteiger partial charge in [-0.1, -0.05) is 0 Å². The van der Waals surface area contributed by atoms with E-state index in [0.29, 0.717) is 18.5 Å². The molecule has 1 rings (SSSR count). The maximum absolute atomic E-state index is 11.8. The molecule has 0 aromatic carbocycles. The fraction of sp³-hybridized carbons (Fsp3) is 0.882. The van der Waals surface area contributed by atoms with Crippen LogP contribution in [0.25, 0.3) is 0 Å². The summed E-state index contributed by atoms with van der Waals surface area (Å²) >= 11 is 0. The summed E-state index contributed by atoms with van der Waals surface area (Å²) in [4.78, 5) is 16.1. The van der Waals surface area contributed by atoms with Crippen LogP contribution < -0.4 is 16.0 Å². The van der Waals surface area contributed by atoms with Gasteiger partial charge in [0.25, 0.3) is 0 Å². The molecule has 0 radical (unpaired) electrons. The lowest BCUT2D eigenvalue weighted by Crippen LogP contribution is -2.43. The van der Waals surface area contributed by atoms with E-state index in [9.17, 15) is 4.79 Å². The predicted molar refractivity (Wildman–Crippen MR) is 112 cm³/mol. The van der Waals surface area contributed by atoms with Crippen molar-refractivity contribution in [3.05, 3.63) is 0 Å². The highest BCUT2D eigenvalue weighted by molar-refractivity contribution is 14.0. The zero-order valence-corrected chi connectivity index (χ0v) is 18.4. The Morgan fingerprint density at radius 2 is 2.08 bits per heavy atom. The number of amides is 1. The van der Waals surface area contributed by atoms with Gasteiger partial charge < -0.3 is 25.4 Å². The molecule has 0 aromatic rings. The van der Waals surface area contributed by atoms with Gasteiger partial charge in [-0.2, -0.15) is 0 Å². The molecule has 1 aliphatic rings. The summed E-state index contributed by atoms with van der Waals surface area (Å²) in [6.45, 7) is 12.7. The third kappa shape index (κ3) is 13.3. The first-order valence-electron chi connectivity index (χ1n) is 8.89. The van der Waals surface area contributed by atoms with E-state index in [4.69, 9.17) is 9.47 Å². The van der Waals surface area contributed by atoms with Gasteiger partial charge in [-0.05, 0) is 40.5 Å². The number of hydrogen-bond donors (Lipinski definition) is 3. The molecule has 0 aromatic heterocycles. The number of rotatable bonds is 9. The van der Waals surface area contributed by atoms with E-state index >= 15 is 0 Å². The number of guanidine groups is 1. The maximum Gasteiger partial charge on any atom is 0.242 e. The van der Waals surface area contributed by atoms with Crippen molar-refractivity contribution in [3.8, 4) is 0 Å². The van der Waals surface area contributed by atoms with Crippen molar-refractivity contribution in [3.63, 3.8) is 0 Å². The highest BCUT2D eigenvalue weighted by Gasteiger charge is 2.15. The van der Waals surface area contributed by atoms with Gasteiger partial charge in [-0.3, -0.25) is 4.79 Å². The van der Waals surface area contributed by atoms with E-state index in [1.165, 1.54) is 0 Å². The van der Waals surface area contributed by atoms with Crippen LogP contribution >= 0.6 is 24.0 Å². The summed E-state index contributed by atoms with van der Waals surface area (Å²) in [5, 5.41) is 9.26. The Balaban J connectivity index is 0.00000576. The predicted octanol–water partition coefficient (Wildman–Crippen LogP) is 1.52. The molecular formula is C17H35IN4O3. The summed E-state index contributed by atoms with van der Waals surface area (Å²) in [7, 11) is 0. The Hall–Kier alpha value is -0.610. The van der Waals surface area contributed by atoms with Crippen molar-refractivity contribution in [1.29, 1.82) is 0 Å². The molecule has 1 amide bonds. The number of nitrogens with one attached hydrogen (secondary N) is 3. The molecule has 1 saturated heterocycles. The first kappa shape index (κ1) is 24.4. The first-order chi connectivity index (χ1) is 11.4. The molecule has 8 heteroatoms. The van der Waals surface area contributed by atoms with Crippen LogP contribution in [0.5, 0.6) is 0 Å². The zero-order valence-electron chi connectivity index (χ0n) is 16.0. The highest BCUT2D eigenvalue weighted by Crippen LogP contribution is 2.12. The lowest BCUT2D eigenvalue weighted by Gasteiger charge is -2.20. The standard InChI is InChI=1S/C17H34N4O3.HI/c1-5-18-16(20-11-15(22)21-17(2,3)4)19-8-6-9-23-12-14-7-10-24-13-14;/h14H,5-13H2,1-4H3,(H,21,22)(H2,18,19,20);1H. The van der Waals surface area contributed by atoms with Crippen LogP contribution in [-0.2, 0) is 14.3 Å². The van der Waals surface area contributed by atoms with Crippen LogP contribution in [0.4, 0.5) is 0 Å². The second-order valence-corrected chi connectivity index (χ2v) is 7.08. The topological polar surface area (TPSA) is 84.0 Å². The number of ether oxygens (including phenoxy) is 2. The smallest absolute Gasteiger partial charge is 0.242 e. The van der Waals surface area contributed by atoms with E-state index in [1.807, 2.05) is 27.7 Å². The molecule has 25 heavy (non-hydrogen) atoms. The number of carbonyl (C=O) groups excluding carboxylic acids is 1. The van der Waals surface area contributed by atoms with E-state index in [1.54, 1.807) is 0 Å². The van der Waals surface area contributed by atoms with Gasteiger partial charge in [-0.15, -0.1) is 24.0 Å². The van der Waals surface area contributed by atoms with Crippen molar-refractivity contribution in [1.82, 2.24) is 16.0 Å². The van der Waals surface area contributed by atoms with Crippen LogP contribution in [0.2, 0.25) is 0 Å². The Morgan fingerprint density at radius 1 is 1.32 bits per heavy atom. The van der Waals surface area contributed by atoms with Crippen molar-refractivity contribution < 1.29 is 14.3 Å². The van der Waals surface area contributed by atoms with Crippen molar-refractivity contribution in [2.75, 3.05) is 46.1 Å². The fourth-order valence-corrected chi connectivity index (χ4v) is 2.30. The van der Waals surface area contributed by atoms with Crippen LogP contribution in [0, 0.1) is 5.92 Å². The molecule has 0 spiro atoms. The summed E-state index contributed by atoms with van der Waals surface area (Å²) in [6.07, 6.45) is 2.00. The molecule has 0 aliphatic carbocycles. The van der Waals surface area contributed by atoms with Gasteiger partial charge in [0.1, 0.15) is 6.54 Å². The van der Waals surface area contributed by atoms with Crippen LogP contribution in [0.3, 0.4) is 0 Å². The fourth-order valence-electron chi connectivity index (χ4n) is 2.30. The molecule has 1 atom stereocenters. The third-order valence-electron chi connectivity index (χ3n) is 3.37. The SMILES string of the molecule is CCNC(=NCC(=O)NC(C)(C)C)NCCCOCC1CCOC1.I. The number of hydrogen-bond acceptors (Lipinski definition) is 4. The number of nitrogens with zero attached hydrogens (tertiary/aromatic N) is 1. The molecule has 0 saturated carbocycles. The summed E-state index contributed by atoms with van der Waals surface area (Å²) in [5.74, 6) is 1.13. The second-order valence-electron chi connectivity index (χ2n) is 7.08. The number of carbonyl (C=O) groups is 1. The first-order valence-corrected chi connectivity index (χ1v) is 8.89. The minimum atomic E-state index is -0.236. The Bertz CT molecular complexity index is 394. The molecule has 1 unspecified atom stereocenters. The molecule has 3 N–H and O–H groups in total. The number of aliphatic imine (C=N–C) groups is 1. The Morgan fingerprint density at radius 3 is 2.68 bits per heavy atom. The molecule has 1 heterocycles. The quantitative estimate of drug-likeness (QED) is 0.206. The van der Waals surface area contributed by atoms with Crippen LogP contribution in [0.1, 0.15) is 40.5 Å². The molecule has 1 fully saturated rings. The number of halogens is 1. The second kappa shape index (κ2) is 13.6. The van der Waals surface area contributed by atoms with Crippen molar-refractivity contribution in [2.45, 2.75) is 46.1 Å². The van der Waals surface area contributed by atoms with Gasteiger partial charge >= 0.3 is 0 Å². The van der Waals surface area contributed by atoms with Gasteiger partial charge in [0.05, 0.1) is 13.2 Å². The molecule has 1 aliphatic heterocycles.